The SMILES string of the molecule is COC(C=C(C)CC(C)/C=C(\C)CCC=C(C)C)C/C(C)=C/CO. The zero-order valence-electron chi connectivity index (χ0n) is 16.9. The molecular formula is C22H38O2. The lowest BCUT2D eigenvalue weighted by atomic mass is 9.96. The minimum atomic E-state index is 0.0859. The van der Waals surface area contributed by atoms with Gasteiger partial charge in [0.15, 0.2) is 0 Å². The zero-order valence-corrected chi connectivity index (χ0v) is 16.9. The summed E-state index contributed by atoms with van der Waals surface area (Å²) in [7, 11) is 1.75. The summed E-state index contributed by atoms with van der Waals surface area (Å²) in [5.74, 6) is 0.541. The number of rotatable bonds is 11. The van der Waals surface area contributed by atoms with Crippen molar-refractivity contribution in [3.63, 3.8) is 0 Å². The van der Waals surface area contributed by atoms with Crippen molar-refractivity contribution in [1.82, 2.24) is 0 Å². The Morgan fingerprint density at radius 3 is 2.12 bits per heavy atom. The van der Waals surface area contributed by atoms with E-state index in [0.29, 0.717) is 5.92 Å². The molecule has 24 heavy (non-hydrogen) atoms. The molecular weight excluding hydrogens is 296 g/mol. The first-order chi connectivity index (χ1) is 11.3. The molecule has 2 atom stereocenters. The summed E-state index contributed by atoms with van der Waals surface area (Å²) in [6, 6.07) is 0. The molecule has 2 nitrogen and oxygen atoms in total. The second kappa shape index (κ2) is 13.2. The molecule has 0 aliphatic carbocycles. The average Bonchev–Trinajstić information content (AvgIpc) is 2.45. The number of methoxy groups -OCH3 is 1. The van der Waals surface area contributed by atoms with Crippen LogP contribution < -0.4 is 0 Å². The molecule has 0 rings (SSSR count). The monoisotopic (exact) mass is 334 g/mol. The van der Waals surface area contributed by atoms with Crippen molar-refractivity contribution in [1.29, 1.82) is 0 Å². The molecule has 1 N–H and O–H groups in total. The Balaban J connectivity index is 4.56. The number of allylic oxidation sites excluding steroid dienone is 5. The second-order valence-electron chi connectivity index (χ2n) is 7.24. The lowest BCUT2D eigenvalue weighted by molar-refractivity contribution is 0.140. The summed E-state index contributed by atoms with van der Waals surface area (Å²) >= 11 is 0. The summed E-state index contributed by atoms with van der Waals surface area (Å²) in [6.07, 6.45) is 13.0. The highest BCUT2D eigenvalue weighted by Crippen LogP contribution is 2.19. The third kappa shape index (κ3) is 12.3. The molecule has 0 radical (unpaired) electrons. The van der Waals surface area contributed by atoms with Crippen LogP contribution >= 0.6 is 0 Å². The summed E-state index contributed by atoms with van der Waals surface area (Å²) < 4.78 is 5.56. The van der Waals surface area contributed by atoms with E-state index in [2.05, 4.69) is 52.8 Å². The van der Waals surface area contributed by atoms with Gasteiger partial charge in [0.05, 0.1) is 12.7 Å². The van der Waals surface area contributed by atoms with Crippen LogP contribution in [0.1, 0.15) is 67.2 Å². The van der Waals surface area contributed by atoms with Crippen molar-refractivity contribution in [3.05, 3.63) is 46.6 Å². The predicted molar refractivity (Wildman–Crippen MR) is 106 cm³/mol. The van der Waals surface area contributed by atoms with Crippen molar-refractivity contribution in [3.8, 4) is 0 Å². The summed E-state index contributed by atoms with van der Waals surface area (Å²) in [5.41, 5.74) is 5.39. The summed E-state index contributed by atoms with van der Waals surface area (Å²) in [4.78, 5) is 0. The minimum absolute atomic E-state index is 0.0859. The van der Waals surface area contributed by atoms with Gasteiger partial charge in [0, 0.05) is 7.11 Å². The van der Waals surface area contributed by atoms with Crippen LogP contribution in [0.5, 0.6) is 0 Å². The van der Waals surface area contributed by atoms with Crippen LogP contribution in [0.15, 0.2) is 46.6 Å². The van der Waals surface area contributed by atoms with E-state index < -0.39 is 0 Å². The highest BCUT2D eigenvalue weighted by Gasteiger charge is 2.07. The van der Waals surface area contributed by atoms with Gasteiger partial charge in [-0.05, 0) is 66.2 Å². The molecule has 0 bridgehead atoms. The predicted octanol–water partition coefficient (Wildman–Crippen LogP) is 6.00. The number of hydrogen-bond acceptors (Lipinski definition) is 2. The third-order valence-electron chi connectivity index (χ3n) is 4.04. The van der Waals surface area contributed by atoms with E-state index in [1.54, 1.807) is 7.11 Å². The van der Waals surface area contributed by atoms with Gasteiger partial charge in [-0.25, -0.2) is 0 Å². The normalized spacial score (nSPS) is 16.1. The third-order valence-corrected chi connectivity index (χ3v) is 4.04. The van der Waals surface area contributed by atoms with E-state index in [0.717, 1.165) is 31.3 Å². The highest BCUT2D eigenvalue weighted by atomic mass is 16.5. The molecule has 0 aliphatic rings. The average molecular weight is 335 g/mol. The zero-order chi connectivity index (χ0) is 18.5. The number of ether oxygens (including phenoxy) is 1. The first-order valence-corrected chi connectivity index (χ1v) is 9.05. The first kappa shape index (κ1) is 22.9. The standard InChI is InChI=1S/C22H38O2/c1-17(2)9-8-10-18(3)13-20(5)14-21(6)16-22(24-7)15-19(4)11-12-23/h9,11,13,16,20,22-23H,8,10,12,14-15H2,1-7H3/b18-13+,19-11+,21-16?. The molecule has 0 aliphatic heterocycles. The van der Waals surface area contributed by atoms with Crippen LogP contribution in [-0.4, -0.2) is 24.9 Å². The largest absolute Gasteiger partial charge is 0.392 e. The smallest absolute Gasteiger partial charge is 0.0791 e. The molecule has 2 heteroatoms. The van der Waals surface area contributed by atoms with Gasteiger partial charge in [0.25, 0.3) is 0 Å². The molecule has 0 spiro atoms. The number of hydrogen-bond donors (Lipinski definition) is 1. The molecule has 0 aromatic rings. The maximum absolute atomic E-state index is 8.96. The quantitative estimate of drug-likeness (QED) is 0.470. The molecule has 138 valence electrons. The van der Waals surface area contributed by atoms with E-state index in [9.17, 15) is 0 Å². The Morgan fingerprint density at radius 1 is 0.917 bits per heavy atom. The summed E-state index contributed by atoms with van der Waals surface area (Å²) in [6.45, 7) is 13.1. The van der Waals surface area contributed by atoms with Crippen LogP contribution in [0.25, 0.3) is 0 Å². The van der Waals surface area contributed by atoms with Gasteiger partial charge >= 0.3 is 0 Å². The number of aliphatic hydroxyl groups excluding tert-OH is 1. The van der Waals surface area contributed by atoms with Gasteiger partial charge in [-0.1, -0.05) is 53.5 Å². The van der Waals surface area contributed by atoms with Gasteiger partial charge in [0.1, 0.15) is 0 Å². The first-order valence-electron chi connectivity index (χ1n) is 9.05. The second-order valence-corrected chi connectivity index (χ2v) is 7.24. The van der Waals surface area contributed by atoms with Crippen molar-refractivity contribution in [2.75, 3.05) is 13.7 Å². The Labute approximate surface area is 150 Å². The fraction of sp³-hybridized carbons (Fsp3) is 0.636. The van der Waals surface area contributed by atoms with Gasteiger partial charge in [-0.15, -0.1) is 0 Å². The molecule has 0 amide bonds. The molecule has 0 saturated heterocycles. The Bertz CT molecular complexity index is 462. The topological polar surface area (TPSA) is 29.5 Å². The molecule has 0 saturated carbocycles. The molecule has 2 unspecified atom stereocenters. The van der Waals surface area contributed by atoms with Gasteiger partial charge in [-0.3, -0.25) is 0 Å². The summed E-state index contributed by atoms with van der Waals surface area (Å²) in [5, 5.41) is 8.96. The van der Waals surface area contributed by atoms with Crippen LogP contribution in [-0.2, 0) is 4.74 Å². The van der Waals surface area contributed by atoms with Crippen LogP contribution in [0.4, 0.5) is 0 Å². The van der Waals surface area contributed by atoms with Crippen LogP contribution in [0.3, 0.4) is 0 Å². The van der Waals surface area contributed by atoms with Crippen LogP contribution in [0, 0.1) is 5.92 Å². The minimum Gasteiger partial charge on any atom is -0.392 e. The van der Waals surface area contributed by atoms with E-state index in [1.165, 1.54) is 16.7 Å². The van der Waals surface area contributed by atoms with Gasteiger partial charge < -0.3 is 9.84 Å². The van der Waals surface area contributed by atoms with E-state index >= 15 is 0 Å². The molecule has 0 fully saturated rings. The van der Waals surface area contributed by atoms with Gasteiger partial charge in [0.2, 0.25) is 0 Å². The Morgan fingerprint density at radius 2 is 1.58 bits per heavy atom. The van der Waals surface area contributed by atoms with Crippen molar-refractivity contribution < 1.29 is 9.84 Å². The molecule has 0 aromatic heterocycles. The molecule has 0 aromatic carbocycles. The number of aliphatic hydroxyl groups is 1. The van der Waals surface area contributed by atoms with Gasteiger partial charge in [-0.2, -0.15) is 0 Å². The van der Waals surface area contributed by atoms with Crippen molar-refractivity contribution in [2.24, 2.45) is 5.92 Å². The molecule has 0 heterocycles. The highest BCUT2D eigenvalue weighted by molar-refractivity contribution is 5.11. The lowest BCUT2D eigenvalue weighted by Crippen LogP contribution is -2.09. The van der Waals surface area contributed by atoms with Crippen LogP contribution in [0.2, 0.25) is 0 Å². The fourth-order valence-electron chi connectivity index (χ4n) is 2.88. The Kier molecular flexibility index (Phi) is 12.6. The maximum atomic E-state index is 8.96. The Hall–Kier alpha value is -1.12. The lowest BCUT2D eigenvalue weighted by Gasteiger charge is -2.15. The van der Waals surface area contributed by atoms with Crippen molar-refractivity contribution in [2.45, 2.75) is 73.3 Å². The van der Waals surface area contributed by atoms with E-state index in [1.807, 2.05) is 13.0 Å². The van der Waals surface area contributed by atoms with E-state index in [-0.39, 0.29) is 12.7 Å². The fourth-order valence-corrected chi connectivity index (χ4v) is 2.88. The maximum Gasteiger partial charge on any atom is 0.0791 e. The van der Waals surface area contributed by atoms with Crippen molar-refractivity contribution >= 4 is 0 Å². The van der Waals surface area contributed by atoms with E-state index in [4.69, 9.17) is 9.84 Å².